The number of rotatable bonds is 4. The topological polar surface area (TPSA) is 66.9 Å². The highest BCUT2D eigenvalue weighted by molar-refractivity contribution is 6.03. The zero-order valence-corrected chi connectivity index (χ0v) is 14.1. The minimum Gasteiger partial charge on any atom is -0.367 e. The molecule has 2 N–H and O–H groups in total. The van der Waals surface area contributed by atoms with Gasteiger partial charge in [0.1, 0.15) is 17.8 Å². The fourth-order valence-corrected chi connectivity index (χ4v) is 3.09. The molecule has 0 saturated heterocycles. The van der Waals surface area contributed by atoms with E-state index < -0.39 is 0 Å². The average Bonchev–Trinajstić information content (AvgIpc) is 2.86. The Hall–Kier alpha value is -2.43. The van der Waals surface area contributed by atoms with Gasteiger partial charge in [0, 0.05) is 17.8 Å². The van der Waals surface area contributed by atoms with Crippen LogP contribution in [0.25, 0.3) is 0 Å². The van der Waals surface area contributed by atoms with Crippen molar-refractivity contribution in [1.82, 2.24) is 9.97 Å². The maximum atomic E-state index is 12.4. The predicted molar refractivity (Wildman–Crippen MR) is 96.3 cm³/mol. The lowest BCUT2D eigenvalue weighted by molar-refractivity contribution is 0.102. The van der Waals surface area contributed by atoms with E-state index in [0.29, 0.717) is 11.7 Å². The Kier molecular flexibility index (Phi) is 5.41. The molecule has 24 heavy (non-hydrogen) atoms. The fourth-order valence-electron chi connectivity index (χ4n) is 3.09. The van der Waals surface area contributed by atoms with Crippen molar-refractivity contribution in [2.24, 2.45) is 0 Å². The highest BCUT2D eigenvalue weighted by Crippen LogP contribution is 2.20. The van der Waals surface area contributed by atoms with Gasteiger partial charge in [-0.15, -0.1) is 0 Å². The number of hydrogen-bond acceptors (Lipinski definition) is 4. The van der Waals surface area contributed by atoms with Gasteiger partial charge in [0.05, 0.1) is 0 Å². The van der Waals surface area contributed by atoms with Gasteiger partial charge in [-0.1, -0.05) is 43.9 Å². The number of anilines is 2. The molecule has 0 aliphatic heterocycles. The lowest BCUT2D eigenvalue weighted by atomic mass is 10.1. The number of hydrogen-bond donors (Lipinski definition) is 2. The van der Waals surface area contributed by atoms with Crippen LogP contribution in [0, 0.1) is 6.92 Å². The molecule has 0 radical (unpaired) electrons. The monoisotopic (exact) mass is 324 g/mol. The third-order valence-electron chi connectivity index (χ3n) is 4.50. The Morgan fingerprint density at radius 3 is 2.58 bits per heavy atom. The van der Waals surface area contributed by atoms with Gasteiger partial charge in [-0.2, -0.15) is 0 Å². The normalized spacial score (nSPS) is 15.5. The molecule has 1 aliphatic rings. The van der Waals surface area contributed by atoms with Gasteiger partial charge in [0.25, 0.3) is 5.91 Å². The van der Waals surface area contributed by atoms with Crippen LogP contribution in [0.4, 0.5) is 11.5 Å². The molecule has 5 heteroatoms. The third kappa shape index (κ3) is 4.31. The van der Waals surface area contributed by atoms with E-state index in [2.05, 4.69) is 20.6 Å². The minimum absolute atomic E-state index is 0.212. The van der Waals surface area contributed by atoms with Crippen LogP contribution in [0.3, 0.4) is 0 Å². The SMILES string of the molecule is Cc1ccccc1NC(=O)c1cc(NC2CCCCCC2)ncn1. The molecule has 1 saturated carbocycles. The van der Waals surface area contributed by atoms with Gasteiger partial charge in [-0.3, -0.25) is 4.79 Å². The first-order chi connectivity index (χ1) is 11.7. The van der Waals surface area contributed by atoms with Crippen molar-refractivity contribution in [1.29, 1.82) is 0 Å². The van der Waals surface area contributed by atoms with Gasteiger partial charge >= 0.3 is 0 Å². The number of para-hydroxylation sites is 1. The Labute approximate surface area is 142 Å². The lowest BCUT2D eigenvalue weighted by Crippen LogP contribution is -2.20. The van der Waals surface area contributed by atoms with Crippen LogP contribution >= 0.6 is 0 Å². The summed E-state index contributed by atoms with van der Waals surface area (Å²) in [4.78, 5) is 20.8. The van der Waals surface area contributed by atoms with Crippen molar-refractivity contribution < 1.29 is 4.79 Å². The van der Waals surface area contributed by atoms with Gasteiger partial charge in [-0.25, -0.2) is 9.97 Å². The van der Waals surface area contributed by atoms with Crippen LogP contribution in [0.1, 0.15) is 54.6 Å². The van der Waals surface area contributed by atoms with E-state index in [1.165, 1.54) is 32.0 Å². The summed E-state index contributed by atoms with van der Waals surface area (Å²) < 4.78 is 0. The number of aromatic nitrogens is 2. The Morgan fingerprint density at radius 2 is 1.83 bits per heavy atom. The molecule has 0 unspecified atom stereocenters. The fraction of sp³-hybridized carbons (Fsp3) is 0.421. The predicted octanol–water partition coefficient (Wildman–Crippen LogP) is 4.17. The second-order valence-electron chi connectivity index (χ2n) is 6.39. The molecule has 1 heterocycles. The van der Waals surface area contributed by atoms with E-state index in [1.54, 1.807) is 6.07 Å². The summed E-state index contributed by atoms with van der Waals surface area (Å²) in [6.45, 7) is 1.97. The van der Waals surface area contributed by atoms with Crippen molar-refractivity contribution in [3.05, 3.63) is 47.9 Å². The largest absolute Gasteiger partial charge is 0.367 e. The molecule has 5 nitrogen and oxygen atoms in total. The van der Waals surface area contributed by atoms with Crippen molar-refractivity contribution in [3.8, 4) is 0 Å². The van der Waals surface area contributed by atoms with Gasteiger partial charge in [0.2, 0.25) is 0 Å². The first-order valence-corrected chi connectivity index (χ1v) is 8.68. The maximum absolute atomic E-state index is 12.4. The molecular weight excluding hydrogens is 300 g/mol. The van der Waals surface area contributed by atoms with Crippen LogP contribution in [0.5, 0.6) is 0 Å². The van der Waals surface area contributed by atoms with Gasteiger partial charge < -0.3 is 10.6 Å². The highest BCUT2D eigenvalue weighted by Gasteiger charge is 2.14. The highest BCUT2D eigenvalue weighted by atomic mass is 16.1. The van der Waals surface area contributed by atoms with E-state index in [1.807, 2.05) is 31.2 Å². The molecule has 1 aliphatic carbocycles. The minimum atomic E-state index is -0.212. The van der Waals surface area contributed by atoms with E-state index in [4.69, 9.17) is 0 Å². The van der Waals surface area contributed by atoms with Crippen molar-refractivity contribution >= 4 is 17.4 Å². The summed E-state index contributed by atoms with van der Waals surface area (Å²) in [6.07, 6.45) is 8.90. The molecule has 1 aromatic heterocycles. The maximum Gasteiger partial charge on any atom is 0.274 e. The number of carbonyl (C=O) groups excluding carboxylic acids is 1. The Bertz CT molecular complexity index is 693. The van der Waals surface area contributed by atoms with Crippen molar-refractivity contribution in [2.75, 3.05) is 10.6 Å². The zero-order valence-electron chi connectivity index (χ0n) is 14.1. The van der Waals surface area contributed by atoms with Crippen LogP contribution in [-0.2, 0) is 0 Å². The average molecular weight is 324 g/mol. The number of benzene rings is 1. The van der Waals surface area contributed by atoms with E-state index in [9.17, 15) is 4.79 Å². The second kappa shape index (κ2) is 7.90. The number of nitrogens with zero attached hydrogens (tertiary/aromatic N) is 2. The number of aryl methyl sites for hydroxylation is 1. The molecular formula is C19H24N4O. The number of nitrogens with one attached hydrogen (secondary N) is 2. The molecule has 1 fully saturated rings. The summed E-state index contributed by atoms with van der Waals surface area (Å²) >= 11 is 0. The van der Waals surface area contributed by atoms with Gasteiger partial charge in [-0.05, 0) is 31.4 Å². The Morgan fingerprint density at radius 1 is 1.08 bits per heavy atom. The summed E-state index contributed by atoms with van der Waals surface area (Å²) in [5.41, 5.74) is 2.21. The van der Waals surface area contributed by atoms with Crippen LogP contribution in [0.15, 0.2) is 36.7 Å². The van der Waals surface area contributed by atoms with E-state index in [-0.39, 0.29) is 5.91 Å². The molecule has 1 amide bonds. The Balaban J connectivity index is 1.68. The molecule has 126 valence electrons. The molecule has 3 rings (SSSR count). The third-order valence-corrected chi connectivity index (χ3v) is 4.50. The number of amides is 1. The first kappa shape index (κ1) is 16.4. The molecule has 1 aromatic carbocycles. The van der Waals surface area contributed by atoms with Crippen LogP contribution < -0.4 is 10.6 Å². The number of carbonyl (C=O) groups is 1. The van der Waals surface area contributed by atoms with E-state index in [0.717, 1.165) is 29.9 Å². The lowest BCUT2D eigenvalue weighted by Gasteiger charge is -2.17. The zero-order chi connectivity index (χ0) is 16.8. The quantitative estimate of drug-likeness (QED) is 0.828. The summed E-state index contributed by atoms with van der Waals surface area (Å²) in [6, 6.07) is 9.88. The van der Waals surface area contributed by atoms with Gasteiger partial charge in [0.15, 0.2) is 0 Å². The molecule has 2 aromatic rings. The molecule has 0 spiro atoms. The molecule has 0 atom stereocenters. The van der Waals surface area contributed by atoms with Crippen LogP contribution in [-0.4, -0.2) is 21.9 Å². The summed E-state index contributed by atoms with van der Waals surface area (Å²) in [7, 11) is 0. The second-order valence-corrected chi connectivity index (χ2v) is 6.39. The summed E-state index contributed by atoms with van der Waals surface area (Å²) in [5, 5.41) is 6.37. The van der Waals surface area contributed by atoms with Crippen LogP contribution in [0.2, 0.25) is 0 Å². The smallest absolute Gasteiger partial charge is 0.274 e. The van der Waals surface area contributed by atoms with Crippen molar-refractivity contribution in [3.63, 3.8) is 0 Å². The van der Waals surface area contributed by atoms with E-state index >= 15 is 0 Å². The van der Waals surface area contributed by atoms with Crippen molar-refractivity contribution in [2.45, 2.75) is 51.5 Å². The standard InChI is InChI=1S/C19H24N4O/c1-14-8-6-7-11-16(14)23-19(24)17-12-18(21-13-20-17)22-15-9-4-2-3-5-10-15/h6-8,11-13,15H,2-5,9-10H2,1H3,(H,23,24)(H,20,21,22). The first-order valence-electron chi connectivity index (χ1n) is 8.68. The molecule has 0 bridgehead atoms. The summed E-state index contributed by atoms with van der Waals surface area (Å²) in [5.74, 6) is 0.516.